The quantitative estimate of drug-likeness (QED) is 0.875. The molecule has 0 saturated carbocycles. The lowest BCUT2D eigenvalue weighted by molar-refractivity contribution is 0.174. The molecule has 1 unspecified atom stereocenters. The normalized spacial score (nSPS) is 19.2. The minimum absolute atomic E-state index is 0.117. The van der Waals surface area contributed by atoms with Gasteiger partial charge in [0.1, 0.15) is 0 Å². The summed E-state index contributed by atoms with van der Waals surface area (Å²) in [6.45, 7) is 1.09. The Labute approximate surface area is 145 Å². The smallest absolute Gasteiger partial charge is 0.231 e. The number of hydrogen-bond donors (Lipinski definition) is 2. The van der Waals surface area contributed by atoms with E-state index in [2.05, 4.69) is 5.32 Å². The van der Waals surface area contributed by atoms with E-state index >= 15 is 0 Å². The van der Waals surface area contributed by atoms with Crippen LogP contribution in [0.1, 0.15) is 22.7 Å². The highest BCUT2D eigenvalue weighted by atomic mass is 16.7. The molecule has 0 amide bonds. The minimum Gasteiger partial charge on any atom is -0.504 e. The van der Waals surface area contributed by atoms with Crippen LogP contribution in [0.4, 0.5) is 0 Å². The SMILES string of the molecule is COc1c(O)c2c3c(c1OC)CCNC3Cc1cc3c(cc1-2)OCO3. The van der Waals surface area contributed by atoms with Crippen molar-refractivity contribution < 1.29 is 24.1 Å². The maximum absolute atomic E-state index is 11.0. The molecule has 25 heavy (non-hydrogen) atoms. The van der Waals surface area contributed by atoms with Crippen LogP contribution in [-0.4, -0.2) is 32.7 Å². The predicted octanol–water partition coefficient (Wildman–Crippen LogP) is 2.55. The van der Waals surface area contributed by atoms with Crippen molar-refractivity contribution in [3.8, 4) is 39.9 Å². The molecule has 0 aromatic heterocycles. The third-order valence-corrected chi connectivity index (χ3v) is 5.34. The Morgan fingerprint density at radius 1 is 1.12 bits per heavy atom. The molecule has 2 aromatic rings. The van der Waals surface area contributed by atoms with E-state index in [4.69, 9.17) is 18.9 Å². The summed E-state index contributed by atoms with van der Waals surface area (Å²) in [6.07, 6.45) is 1.67. The molecule has 130 valence electrons. The van der Waals surface area contributed by atoms with E-state index in [0.29, 0.717) is 17.2 Å². The summed E-state index contributed by atoms with van der Waals surface area (Å²) in [6, 6.07) is 4.12. The maximum atomic E-state index is 11.0. The van der Waals surface area contributed by atoms with Crippen LogP contribution in [0.5, 0.6) is 28.7 Å². The van der Waals surface area contributed by atoms with Gasteiger partial charge in [-0.2, -0.15) is 0 Å². The lowest BCUT2D eigenvalue weighted by Crippen LogP contribution is -2.34. The van der Waals surface area contributed by atoms with Gasteiger partial charge >= 0.3 is 0 Å². The maximum Gasteiger partial charge on any atom is 0.231 e. The third-order valence-electron chi connectivity index (χ3n) is 5.34. The molecule has 5 rings (SSSR count). The topological polar surface area (TPSA) is 69.2 Å². The highest BCUT2D eigenvalue weighted by Crippen LogP contribution is 2.56. The first-order chi connectivity index (χ1) is 12.2. The Balaban J connectivity index is 1.86. The number of hydrogen-bond acceptors (Lipinski definition) is 6. The summed E-state index contributed by atoms with van der Waals surface area (Å²) in [7, 11) is 3.17. The zero-order valence-electron chi connectivity index (χ0n) is 14.1. The molecule has 1 atom stereocenters. The van der Waals surface area contributed by atoms with Crippen LogP contribution in [0, 0.1) is 0 Å². The van der Waals surface area contributed by atoms with Crippen molar-refractivity contribution in [2.24, 2.45) is 0 Å². The lowest BCUT2D eigenvalue weighted by atomic mass is 9.76. The van der Waals surface area contributed by atoms with E-state index in [1.54, 1.807) is 14.2 Å². The van der Waals surface area contributed by atoms with Gasteiger partial charge in [-0.3, -0.25) is 0 Å². The van der Waals surface area contributed by atoms with Gasteiger partial charge in [-0.1, -0.05) is 0 Å². The van der Waals surface area contributed by atoms with Crippen LogP contribution in [0.2, 0.25) is 0 Å². The van der Waals surface area contributed by atoms with E-state index in [1.165, 1.54) is 0 Å². The summed E-state index contributed by atoms with van der Waals surface area (Å²) < 4.78 is 22.1. The molecule has 0 fully saturated rings. The standard InChI is InChI=1S/C19H19NO5/c1-22-18-10-3-4-20-12-5-9-6-13-14(25-8-24-13)7-11(9)16(15(10)12)17(21)19(18)23-2/h6-7,12,20-21H,3-5,8H2,1-2H3. The van der Waals surface area contributed by atoms with Crippen LogP contribution in [0.15, 0.2) is 12.1 Å². The van der Waals surface area contributed by atoms with Crippen molar-refractivity contribution >= 4 is 0 Å². The van der Waals surface area contributed by atoms with Gasteiger partial charge in [0.25, 0.3) is 0 Å². The number of fused-ring (bicyclic) bond motifs is 3. The Morgan fingerprint density at radius 2 is 1.88 bits per heavy atom. The van der Waals surface area contributed by atoms with Crippen molar-refractivity contribution in [1.29, 1.82) is 0 Å². The summed E-state index contributed by atoms with van der Waals surface area (Å²) in [5.74, 6) is 2.62. The lowest BCUT2D eigenvalue weighted by Gasteiger charge is -2.36. The molecule has 2 aromatic carbocycles. The van der Waals surface area contributed by atoms with Crippen molar-refractivity contribution in [3.63, 3.8) is 0 Å². The second-order valence-corrected chi connectivity index (χ2v) is 6.51. The van der Waals surface area contributed by atoms with E-state index in [-0.39, 0.29) is 18.6 Å². The molecule has 6 heteroatoms. The fourth-order valence-electron chi connectivity index (χ4n) is 4.32. The first-order valence-electron chi connectivity index (χ1n) is 8.38. The molecular weight excluding hydrogens is 322 g/mol. The van der Waals surface area contributed by atoms with E-state index in [0.717, 1.165) is 53.0 Å². The number of aromatic hydroxyl groups is 1. The zero-order chi connectivity index (χ0) is 17.1. The monoisotopic (exact) mass is 341 g/mol. The fraction of sp³-hybridized carbons (Fsp3) is 0.368. The number of phenolic OH excluding ortho intramolecular Hbond substituents is 1. The molecule has 2 heterocycles. The van der Waals surface area contributed by atoms with Gasteiger partial charge in [0.2, 0.25) is 12.5 Å². The predicted molar refractivity (Wildman–Crippen MR) is 90.9 cm³/mol. The molecule has 0 spiro atoms. The second-order valence-electron chi connectivity index (χ2n) is 6.51. The fourth-order valence-corrected chi connectivity index (χ4v) is 4.32. The first-order valence-corrected chi connectivity index (χ1v) is 8.38. The van der Waals surface area contributed by atoms with Gasteiger partial charge < -0.3 is 29.4 Å². The molecule has 1 aliphatic carbocycles. The van der Waals surface area contributed by atoms with Crippen LogP contribution in [0.3, 0.4) is 0 Å². The number of rotatable bonds is 2. The van der Waals surface area contributed by atoms with Crippen LogP contribution < -0.4 is 24.3 Å². The van der Waals surface area contributed by atoms with Crippen molar-refractivity contribution in [2.75, 3.05) is 27.6 Å². The average molecular weight is 341 g/mol. The molecule has 0 saturated heterocycles. The molecule has 2 aliphatic heterocycles. The number of ether oxygens (including phenoxy) is 4. The summed E-state index contributed by atoms with van der Waals surface area (Å²) in [5.41, 5.74) is 5.12. The Hall–Kier alpha value is -2.60. The molecule has 0 radical (unpaired) electrons. The molecule has 0 bridgehead atoms. The highest BCUT2D eigenvalue weighted by molar-refractivity contribution is 5.87. The highest BCUT2D eigenvalue weighted by Gasteiger charge is 2.37. The largest absolute Gasteiger partial charge is 0.504 e. The molecule has 6 nitrogen and oxygen atoms in total. The van der Waals surface area contributed by atoms with Crippen LogP contribution in [0.25, 0.3) is 11.1 Å². The Bertz CT molecular complexity index is 892. The summed E-state index contributed by atoms with van der Waals surface area (Å²) in [5, 5.41) is 14.6. The number of nitrogens with one attached hydrogen (secondary N) is 1. The summed E-state index contributed by atoms with van der Waals surface area (Å²) in [4.78, 5) is 0. The third kappa shape index (κ3) is 1.88. The first kappa shape index (κ1) is 14.7. The number of benzene rings is 2. The molecule has 3 aliphatic rings. The van der Waals surface area contributed by atoms with Gasteiger partial charge in [-0.15, -0.1) is 0 Å². The van der Waals surface area contributed by atoms with Gasteiger partial charge in [-0.05, 0) is 48.2 Å². The zero-order valence-corrected chi connectivity index (χ0v) is 14.1. The summed E-state index contributed by atoms with van der Waals surface area (Å²) >= 11 is 0. The van der Waals surface area contributed by atoms with Crippen LogP contribution >= 0.6 is 0 Å². The minimum atomic E-state index is 0.117. The van der Waals surface area contributed by atoms with Gasteiger partial charge in [0.15, 0.2) is 23.0 Å². The molecule has 2 N–H and O–H groups in total. The van der Waals surface area contributed by atoms with Crippen molar-refractivity contribution in [2.45, 2.75) is 18.9 Å². The van der Waals surface area contributed by atoms with E-state index in [1.807, 2.05) is 12.1 Å². The van der Waals surface area contributed by atoms with Gasteiger partial charge in [-0.25, -0.2) is 0 Å². The van der Waals surface area contributed by atoms with Gasteiger partial charge in [0, 0.05) is 17.2 Å². The Kier molecular flexibility index (Phi) is 3.06. The van der Waals surface area contributed by atoms with Crippen LogP contribution in [-0.2, 0) is 12.8 Å². The number of methoxy groups -OCH3 is 2. The number of phenols is 1. The molecular formula is C19H19NO5. The van der Waals surface area contributed by atoms with Crippen molar-refractivity contribution in [3.05, 3.63) is 28.8 Å². The second kappa shape index (κ2) is 5.20. The van der Waals surface area contributed by atoms with Crippen molar-refractivity contribution in [1.82, 2.24) is 5.32 Å². The Morgan fingerprint density at radius 3 is 2.64 bits per heavy atom. The van der Waals surface area contributed by atoms with E-state index < -0.39 is 0 Å². The average Bonchev–Trinajstić information content (AvgIpc) is 3.08. The van der Waals surface area contributed by atoms with E-state index in [9.17, 15) is 5.11 Å². The van der Waals surface area contributed by atoms with Gasteiger partial charge in [0.05, 0.1) is 14.2 Å².